The molecule has 3 aromatic rings. The molecule has 0 bridgehead atoms. The minimum Gasteiger partial charge on any atom is -0.397 e. The van der Waals surface area contributed by atoms with Gasteiger partial charge in [-0.1, -0.05) is 76.6 Å². The molecule has 23 heavy (non-hydrogen) atoms. The predicted molar refractivity (Wildman–Crippen MR) is 102 cm³/mol. The standard InChI is InChI=1S/C20H19BrN2/c21-17-11-12-18(22)20(14-17)23-19(16-9-5-2-6-10-16)13-15-7-3-1-4-8-15/h1-12,14,19,23H,13,22H2. The van der Waals surface area contributed by atoms with Crippen LogP contribution in [0.5, 0.6) is 0 Å². The maximum atomic E-state index is 6.13. The van der Waals surface area contributed by atoms with Crippen molar-refractivity contribution < 1.29 is 0 Å². The van der Waals surface area contributed by atoms with E-state index in [1.54, 1.807) is 0 Å². The molecule has 0 saturated heterocycles. The maximum Gasteiger partial charge on any atom is 0.0590 e. The molecule has 3 N–H and O–H groups in total. The van der Waals surface area contributed by atoms with Crippen LogP contribution in [0.1, 0.15) is 17.2 Å². The highest BCUT2D eigenvalue weighted by Gasteiger charge is 2.13. The van der Waals surface area contributed by atoms with Gasteiger partial charge in [0.25, 0.3) is 0 Å². The summed E-state index contributed by atoms with van der Waals surface area (Å²) in [4.78, 5) is 0. The summed E-state index contributed by atoms with van der Waals surface area (Å²) in [5, 5.41) is 3.60. The zero-order valence-electron chi connectivity index (χ0n) is 12.7. The lowest BCUT2D eigenvalue weighted by Crippen LogP contribution is -2.14. The van der Waals surface area contributed by atoms with E-state index in [1.807, 2.05) is 30.3 Å². The zero-order valence-corrected chi connectivity index (χ0v) is 14.3. The number of nitrogens with two attached hydrogens (primary N) is 1. The summed E-state index contributed by atoms with van der Waals surface area (Å²) in [7, 11) is 0. The Morgan fingerprint density at radius 1 is 0.870 bits per heavy atom. The molecule has 0 amide bonds. The van der Waals surface area contributed by atoms with Crippen molar-refractivity contribution in [3.05, 3.63) is 94.5 Å². The van der Waals surface area contributed by atoms with E-state index in [2.05, 4.69) is 69.8 Å². The fourth-order valence-corrected chi connectivity index (χ4v) is 2.99. The van der Waals surface area contributed by atoms with Crippen LogP contribution in [0.2, 0.25) is 0 Å². The molecule has 0 aliphatic heterocycles. The van der Waals surface area contributed by atoms with Gasteiger partial charge in [-0.05, 0) is 35.7 Å². The third kappa shape index (κ3) is 4.14. The first kappa shape index (κ1) is 15.6. The average molecular weight is 367 g/mol. The van der Waals surface area contributed by atoms with Crippen LogP contribution in [0.3, 0.4) is 0 Å². The van der Waals surface area contributed by atoms with Crippen molar-refractivity contribution in [2.45, 2.75) is 12.5 Å². The van der Waals surface area contributed by atoms with Gasteiger partial charge in [-0.2, -0.15) is 0 Å². The van der Waals surface area contributed by atoms with Crippen LogP contribution in [-0.4, -0.2) is 0 Å². The molecule has 116 valence electrons. The highest BCUT2D eigenvalue weighted by atomic mass is 79.9. The van der Waals surface area contributed by atoms with E-state index in [4.69, 9.17) is 5.73 Å². The van der Waals surface area contributed by atoms with Gasteiger partial charge >= 0.3 is 0 Å². The number of halogens is 1. The van der Waals surface area contributed by atoms with Crippen molar-refractivity contribution in [3.63, 3.8) is 0 Å². The number of nitrogens with one attached hydrogen (secondary N) is 1. The molecule has 0 aromatic heterocycles. The Balaban J connectivity index is 1.90. The quantitative estimate of drug-likeness (QED) is 0.591. The smallest absolute Gasteiger partial charge is 0.0590 e. The average Bonchev–Trinajstić information content (AvgIpc) is 2.59. The molecule has 3 aromatic carbocycles. The van der Waals surface area contributed by atoms with Crippen molar-refractivity contribution in [2.75, 3.05) is 11.1 Å². The van der Waals surface area contributed by atoms with Crippen LogP contribution in [0.25, 0.3) is 0 Å². The molecule has 1 unspecified atom stereocenters. The highest BCUT2D eigenvalue weighted by Crippen LogP contribution is 2.29. The summed E-state index contributed by atoms with van der Waals surface area (Å²) >= 11 is 3.51. The van der Waals surface area contributed by atoms with Gasteiger partial charge in [-0.25, -0.2) is 0 Å². The first-order valence-electron chi connectivity index (χ1n) is 7.63. The molecule has 0 aliphatic rings. The largest absolute Gasteiger partial charge is 0.397 e. The SMILES string of the molecule is Nc1ccc(Br)cc1NC(Cc1ccccc1)c1ccccc1. The topological polar surface area (TPSA) is 38.0 Å². The van der Waals surface area contributed by atoms with Gasteiger partial charge < -0.3 is 11.1 Å². The zero-order chi connectivity index (χ0) is 16.1. The Bertz CT molecular complexity index is 757. The van der Waals surface area contributed by atoms with Crippen molar-refractivity contribution >= 4 is 27.3 Å². The van der Waals surface area contributed by atoms with E-state index >= 15 is 0 Å². The third-order valence-electron chi connectivity index (χ3n) is 3.83. The van der Waals surface area contributed by atoms with Crippen molar-refractivity contribution in [1.82, 2.24) is 0 Å². The molecule has 0 aliphatic carbocycles. The summed E-state index contributed by atoms with van der Waals surface area (Å²) in [6.07, 6.45) is 0.900. The van der Waals surface area contributed by atoms with Crippen molar-refractivity contribution in [2.24, 2.45) is 0 Å². The van der Waals surface area contributed by atoms with E-state index < -0.39 is 0 Å². The summed E-state index contributed by atoms with van der Waals surface area (Å²) in [6, 6.07) is 27.0. The number of hydrogen-bond acceptors (Lipinski definition) is 2. The maximum absolute atomic E-state index is 6.13. The molecule has 3 heteroatoms. The Hall–Kier alpha value is -2.26. The van der Waals surface area contributed by atoms with Gasteiger partial charge in [-0.15, -0.1) is 0 Å². The molecule has 3 rings (SSSR count). The molecular formula is C20H19BrN2. The van der Waals surface area contributed by atoms with Gasteiger partial charge in [0.1, 0.15) is 0 Å². The lowest BCUT2D eigenvalue weighted by Gasteiger charge is -2.22. The van der Waals surface area contributed by atoms with Crippen molar-refractivity contribution in [3.8, 4) is 0 Å². The Labute approximate surface area is 145 Å². The predicted octanol–water partition coefficient (Wildman–Crippen LogP) is 5.43. The van der Waals surface area contributed by atoms with Crippen LogP contribution in [-0.2, 0) is 6.42 Å². The lowest BCUT2D eigenvalue weighted by molar-refractivity contribution is 0.776. The highest BCUT2D eigenvalue weighted by molar-refractivity contribution is 9.10. The van der Waals surface area contributed by atoms with E-state index in [1.165, 1.54) is 11.1 Å². The number of hydrogen-bond donors (Lipinski definition) is 2. The molecular weight excluding hydrogens is 348 g/mol. The molecule has 0 fully saturated rings. The van der Waals surface area contributed by atoms with Crippen LogP contribution >= 0.6 is 15.9 Å². The molecule has 1 atom stereocenters. The fraction of sp³-hybridized carbons (Fsp3) is 0.100. The third-order valence-corrected chi connectivity index (χ3v) is 4.32. The second kappa shape index (κ2) is 7.34. The molecule has 2 nitrogen and oxygen atoms in total. The Kier molecular flexibility index (Phi) is 4.99. The number of rotatable bonds is 5. The van der Waals surface area contributed by atoms with Gasteiger partial charge in [0.05, 0.1) is 17.4 Å². The van der Waals surface area contributed by atoms with E-state index in [-0.39, 0.29) is 6.04 Å². The monoisotopic (exact) mass is 366 g/mol. The number of nitrogen functional groups attached to an aromatic ring is 1. The van der Waals surface area contributed by atoms with Crippen LogP contribution < -0.4 is 11.1 Å². The van der Waals surface area contributed by atoms with Gasteiger partial charge in [0.2, 0.25) is 0 Å². The Morgan fingerprint density at radius 2 is 1.52 bits per heavy atom. The van der Waals surface area contributed by atoms with E-state index in [9.17, 15) is 0 Å². The molecule has 0 spiro atoms. The second-order valence-corrected chi connectivity index (χ2v) is 6.44. The molecule has 0 saturated carbocycles. The second-order valence-electron chi connectivity index (χ2n) is 5.53. The van der Waals surface area contributed by atoms with Crippen LogP contribution in [0.4, 0.5) is 11.4 Å². The van der Waals surface area contributed by atoms with Gasteiger partial charge in [0, 0.05) is 4.47 Å². The Morgan fingerprint density at radius 3 is 2.22 bits per heavy atom. The summed E-state index contributed by atoms with van der Waals surface area (Å²) < 4.78 is 1.01. The minimum absolute atomic E-state index is 0.162. The molecule has 0 radical (unpaired) electrons. The van der Waals surface area contributed by atoms with Gasteiger partial charge in [0.15, 0.2) is 0 Å². The normalized spacial score (nSPS) is 11.9. The minimum atomic E-state index is 0.162. The lowest BCUT2D eigenvalue weighted by atomic mass is 9.98. The van der Waals surface area contributed by atoms with Gasteiger partial charge in [-0.3, -0.25) is 0 Å². The summed E-state index contributed by atoms with van der Waals surface area (Å²) in [5.41, 5.74) is 10.4. The number of benzene rings is 3. The number of anilines is 2. The fourth-order valence-electron chi connectivity index (χ4n) is 2.63. The first-order chi connectivity index (χ1) is 11.2. The first-order valence-corrected chi connectivity index (χ1v) is 8.42. The van der Waals surface area contributed by atoms with E-state index in [0.717, 1.165) is 22.3 Å². The van der Waals surface area contributed by atoms with Crippen LogP contribution in [0.15, 0.2) is 83.3 Å². The van der Waals surface area contributed by atoms with E-state index in [0.29, 0.717) is 0 Å². The van der Waals surface area contributed by atoms with Crippen molar-refractivity contribution in [1.29, 1.82) is 0 Å². The summed E-state index contributed by atoms with van der Waals surface area (Å²) in [6.45, 7) is 0. The molecule has 0 heterocycles. The summed E-state index contributed by atoms with van der Waals surface area (Å²) in [5.74, 6) is 0. The van der Waals surface area contributed by atoms with Crippen LogP contribution in [0, 0.1) is 0 Å².